The van der Waals surface area contributed by atoms with E-state index in [1.165, 1.54) is 25.3 Å². The molecule has 2 N–H and O–H groups in total. The van der Waals surface area contributed by atoms with E-state index in [2.05, 4.69) is 22.5 Å². The van der Waals surface area contributed by atoms with Gasteiger partial charge in [0, 0.05) is 36.6 Å². The standard InChI is InChI=1S/C28H35N3O2/c1-21-16-18-31(19-17-21)26-14-13-24(29-27(32)15-12-22-8-4-2-5-9-22)20-25(26)28(33)30-23-10-6-3-7-11-23/h2,4-5,8-9,12-15,20-21,23H,3,6-7,10-11,16-19H2,1H3,(H,29,32)(H,30,33)/b15-12+. The molecule has 33 heavy (non-hydrogen) atoms. The Hall–Kier alpha value is -3.08. The Labute approximate surface area is 197 Å². The highest BCUT2D eigenvalue weighted by atomic mass is 16.2. The summed E-state index contributed by atoms with van der Waals surface area (Å²) >= 11 is 0. The smallest absolute Gasteiger partial charge is 0.253 e. The molecule has 5 heteroatoms. The van der Waals surface area contributed by atoms with Crippen molar-refractivity contribution in [1.82, 2.24) is 5.32 Å². The molecule has 1 saturated carbocycles. The van der Waals surface area contributed by atoms with Gasteiger partial charge in [0.2, 0.25) is 5.91 Å². The molecule has 5 nitrogen and oxygen atoms in total. The lowest BCUT2D eigenvalue weighted by Crippen LogP contribution is -2.38. The minimum atomic E-state index is -0.211. The van der Waals surface area contributed by atoms with Crippen molar-refractivity contribution in [3.8, 4) is 0 Å². The van der Waals surface area contributed by atoms with Crippen LogP contribution in [0.5, 0.6) is 0 Å². The molecule has 2 aromatic carbocycles. The van der Waals surface area contributed by atoms with Gasteiger partial charge < -0.3 is 15.5 Å². The van der Waals surface area contributed by atoms with Crippen molar-refractivity contribution < 1.29 is 9.59 Å². The van der Waals surface area contributed by atoms with Crippen molar-refractivity contribution >= 4 is 29.3 Å². The van der Waals surface area contributed by atoms with Gasteiger partial charge in [0.05, 0.1) is 5.56 Å². The summed E-state index contributed by atoms with van der Waals surface area (Å²) in [7, 11) is 0. The SMILES string of the molecule is CC1CCN(c2ccc(NC(=O)/C=C/c3ccccc3)cc2C(=O)NC2CCCCC2)CC1. The van der Waals surface area contributed by atoms with Gasteiger partial charge in [-0.25, -0.2) is 0 Å². The van der Waals surface area contributed by atoms with E-state index in [1.54, 1.807) is 6.08 Å². The molecule has 0 spiro atoms. The maximum absolute atomic E-state index is 13.3. The summed E-state index contributed by atoms with van der Waals surface area (Å²) in [5.74, 6) is 0.471. The van der Waals surface area contributed by atoms with Gasteiger partial charge in [0.15, 0.2) is 0 Å². The van der Waals surface area contributed by atoms with Crippen molar-refractivity contribution in [2.45, 2.75) is 57.9 Å². The Balaban J connectivity index is 1.51. The third-order valence-corrected chi connectivity index (χ3v) is 6.80. The Morgan fingerprint density at radius 1 is 0.939 bits per heavy atom. The normalized spacial score (nSPS) is 17.8. The number of nitrogens with one attached hydrogen (secondary N) is 2. The molecule has 0 radical (unpaired) electrons. The number of nitrogens with zero attached hydrogens (tertiary/aromatic N) is 1. The number of hydrogen-bond acceptors (Lipinski definition) is 3. The molecule has 1 aliphatic carbocycles. The second-order valence-electron chi connectivity index (χ2n) is 9.44. The second-order valence-corrected chi connectivity index (χ2v) is 9.44. The zero-order valence-electron chi connectivity index (χ0n) is 19.6. The molecular formula is C28H35N3O2. The minimum Gasteiger partial charge on any atom is -0.371 e. The van der Waals surface area contributed by atoms with E-state index in [0.29, 0.717) is 11.3 Å². The van der Waals surface area contributed by atoms with Crippen molar-refractivity contribution in [3.63, 3.8) is 0 Å². The topological polar surface area (TPSA) is 61.4 Å². The number of carbonyl (C=O) groups excluding carboxylic acids is 2. The Kier molecular flexibility index (Phi) is 7.82. The number of piperidine rings is 1. The van der Waals surface area contributed by atoms with Crippen LogP contribution in [0.4, 0.5) is 11.4 Å². The van der Waals surface area contributed by atoms with E-state index in [9.17, 15) is 9.59 Å². The molecule has 0 atom stereocenters. The predicted octanol–water partition coefficient (Wildman–Crippen LogP) is 5.64. The van der Waals surface area contributed by atoms with Crippen molar-refractivity contribution in [1.29, 1.82) is 0 Å². The number of anilines is 2. The van der Waals surface area contributed by atoms with Crippen LogP contribution < -0.4 is 15.5 Å². The largest absolute Gasteiger partial charge is 0.371 e. The average Bonchev–Trinajstić information content (AvgIpc) is 2.84. The molecule has 1 aliphatic heterocycles. The van der Waals surface area contributed by atoms with Crippen molar-refractivity contribution in [2.75, 3.05) is 23.3 Å². The highest BCUT2D eigenvalue weighted by Crippen LogP contribution is 2.29. The lowest BCUT2D eigenvalue weighted by atomic mass is 9.95. The van der Waals surface area contributed by atoms with Crippen molar-refractivity contribution in [2.24, 2.45) is 5.92 Å². The highest BCUT2D eigenvalue weighted by Gasteiger charge is 2.24. The number of rotatable bonds is 6. The van der Waals surface area contributed by atoms with Gasteiger partial charge in [0.1, 0.15) is 0 Å². The van der Waals surface area contributed by atoms with Gasteiger partial charge in [-0.15, -0.1) is 0 Å². The van der Waals surface area contributed by atoms with Crippen LogP contribution in [0.2, 0.25) is 0 Å². The first-order valence-electron chi connectivity index (χ1n) is 12.3. The van der Waals surface area contributed by atoms with Crippen LogP contribution in [0.3, 0.4) is 0 Å². The molecule has 2 aromatic rings. The van der Waals surface area contributed by atoms with Gasteiger partial charge in [-0.3, -0.25) is 9.59 Å². The number of hydrogen-bond donors (Lipinski definition) is 2. The van der Waals surface area contributed by atoms with Crippen molar-refractivity contribution in [3.05, 3.63) is 65.7 Å². The fourth-order valence-electron chi connectivity index (χ4n) is 4.75. The summed E-state index contributed by atoms with van der Waals surface area (Å²) in [6, 6.07) is 15.7. The molecule has 0 bridgehead atoms. The molecule has 2 fully saturated rings. The maximum atomic E-state index is 13.3. The molecular weight excluding hydrogens is 410 g/mol. The third kappa shape index (κ3) is 6.47. The van der Waals surface area contributed by atoms with E-state index >= 15 is 0 Å². The van der Waals surface area contributed by atoms with E-state index in [4.69, 9.17) is 0 Å². The Morgan fingerprint density at radius 3 is 2.39 bits per heavy atom. The van der Waals surface area contributed by atoms with Crippen LogP contribution in [0.15, 0.2) is 54.6 Å². The lowest BCUT2D eigenvalue weighted by molar-refractivity contribution is -0.111. The summed E-state index contributed by atoms with van der Waals surface area (Å²) in [4.78, 5) is 28.1. The Bertz CT molecular complexity index is 972. The van der Waals surface area contributed by atoms with Crippen LogP contribution in [0.25, 0.3) is 6.08 Å². The summed E-state index contributed by atoms with van der Waals surface area (Å²) in [5.41, 5.74) is 3.23. The van der Waals surface area contributed by atoms with E-state index in [-0.39, 0.29) is 17.9 Å². The van der Waals surface area contributed by atoms with Crippen LogP contribution in [-0.4, -0.2) is 30.9 Å². The summed E-state index contributed by atoms with van der Waals surface area (Å²) in [6.45, 7) is 4.20. The van der Waals surface area contributed by atoms with Gasteiger partial charge in [-0.05, 0) is 61.4 Å². The summed E-state index contributed by atoms with van der Waals surface area (Å²) in [5, 5.41) is 6.18. The molecule has 4 rings (SSSR count). The van der Waals surface area contributed by atoms with E-state index in [1.807, 2.05) is 48.5 Å². The van der Waals surface area contributed by atoms with Gasteiger partial charge in [-0.1, -0.05) is 56.5 Å². The average molecular weight is 446 g/mol. The molecule has 0 unspecified atom stereocenters. The minimum absolute atomic E-state index is 0.0357. The zero-order valence-corrected chi connectivity index (χ0v) is 19.6. The number of amides is 2. The zero-order chi connectivity index (χ0) is 23.0. The molecule has 0 aromatic heterocycles. The maximum Gasteiger partial charge on any atom is 0.253 e. The molecule has 1 heterocycles. The van der Waals surface area contributed by atoms with Crippen LogP contribution in [0, 0.1) is 5.92 Å². The first-order valence-corrected chi connectivity index (χ1v) is 12.3. The first-order chi connectivity index (χ1) is 16.1. The number of benzene rings is 2. The van der Waals surface area contributed by atoms with E-state index in [0.717, 1.165) is 55.9 Å². The molecule has 2 aliphatic rings. The number of carbonyl (C=O) groups is 2. The summed E-state index contributed by atoms with van der Waals surface area (Å²) in [6.07, 6.45) is 11.3. The first kappa shape index (κ1) is 23.1. The summed E-state index contributed by atoms with van der Waals surface area (Å²) < 4.78 is 0. The second kappa shape index (κ2) is 11.2. The van der Waals surface area contributed by atoms with Gasteiger partial charge >= 0.3 is 0 Å². The van der Waals surface area contributed by atoms with Gasteiger partial charge in [-0.2, -0.15) is 0 Å². The van der Waals surface area contributed by atoms with Crippen LogP contribution >= 0.6 is 0 Å². The van der Waals surface area contributed by atoms with Crippen LogP contribution in [0.1, 0.15) is 67.8 Å². The van der Waals surface area contributed by atoms with Gasteiger partial charge in [0.25, 0.3) is 5.91 Å². The Morgan fingerprint density at radius 2 is 1.67 bits per heavy atom. The van der Waals surface area contributed by atoms with Crippen LogP contribution in [-0.2, 0) is 4.79 Å². The monoisotopic (exact) mass is 445 g/mol. The van der Waals surface area contributed by atoms with E-state index < -0.39 is 0 Å². The fourth-order valence-corrected chi connectivity index (χ4v) is 4.75. The predicted molar refractivity (Wildman–Crippen MR) is 135 cm³/mol. The third-order valence-electron chi connectivity index (χ3n) is 6.80. The lowest BCUT2D eigenvalue weighted by Gasteiger charge is -2.33. The fraction of sp³-hybridized carbons (Fsp3) is 0.429. The molecule has 174 valence electrons. The quantitative estimate of drug-likeness (QED) is 0.566. The molecule has 2 amide bonds. The molecule has 1 saturated heterocycles. The highest BCUT2D eigenvalue weighted by molar-refractivity contribution is 6.05.